The fraction of sp³-hybridized carbons (Fsp3) is 0.483. The van der Waals surface area contributed by atoms with E-state index in [9.17, 15) is 5.26 Å². The molecule has 1 N–H and O–H groups in total. The van der Waals surface area contributed by atoms with Crippen LogP contribution in [0.5, 0.6) is 0 Å². The molecule has 0 bridgehead atoms. The largest absolute Gasteiger partial charge is 0.341 e. The van der Waals surface area contributed by atoms with E-state index >= 15 is 0 Å². The molecule has 1 aliphatic rings. The first-order valence-electron chi connectivity index (χ1n) is 12.6. The predicted molar refractivity (Wildman–Crippen MR) is 140 cm³/mol. The van der Waals surface area contributed by atoms with Gasteiger partial charge in [0.2, 0.25) is 0 Å². The normalized spacial score (nSPS) is 15.3. The van der Waals surface area contributed by atoms with Gasteiger partial charge in [0.1, 0.15) is 5.82 Å². The smallest absolute Gasteiger partial charge is 0.114 e. The topological polar surface area (TPSA) is 46.1 Å². The average molecular weight is 443 g/mol. The van der Waals surface area contributed by atoms with E-state index < -0.39 is 0 Å². The van der Waals surface area contributed by atoms with Crippen molar-refractivity contribution < 1.29 is 0 Å². The molecule has 4 nitrogen and oxygen atoms in total. The number of aryl methyl sites for hydroxylation is 2. The number of rotatable bonds is 7. The summed E-state index contributed by atoms with van der Waals surface area (Å²) in [5.74, 6) is 1.77. The zero-order chi connectivity index (χ0) is 23.5. The molecular weight excluding hydrogens is 404 g/mol. The molecule has 0 amide bonds. The molecule has 0 unspecified atom stereocenters. The van der Waals surface area contributed by atoms with Crippen LogP contribution in [-0.4, -0.2) is 35.6 Å². The lowest BCUT2D eigenvalue weighted by atomic mass is 9.85. The number of piperidine rings is 1. The van der Waals surface area contributed by atoms with Crippen molar-refractivity contribution in [3.05, 3.63) is 58.7 Å². The molecule has 1 aliphatic heterocycles. The van der Waals surface area contributed by atoms with E-state index in [0.717, 1.165) is 17.8 Å². The molecule has 0 aliphatic carbocycles. The number of fused-ring (bicyclic) bond motifs is 1. The van der Waals surface area contributed by atoms with Crippen molar-refractivity contribution in [3.63, 3.8) is 0 Å². The Morgan fingerprint density at radius 1 is 1.12 bits per heavy atom. The van der Waals surface area contributed by atoms with Crippen LogP contribution in [0, 0.1) is 18.3 Å². The Morgan fingerprint density at radius 3 is 2.52 bits per heavy atom. The molecule has 4 heteroatoms. The van der Waals surface area contributed by atoms with Gasteiger partial charge in [0.05, 0.1) is 11.6 Å². The fourth-order valence-electron chi connectivity index (χ4n) is 5.54. The van der Waals surface area contributed by atoms with Crippen molar-refractivity contribution in [2.24, 2.45) is 0 Å². The second-order valence-electron chi connectivity index (χ2n) is 9.79. The van der Waals surface area contributed by atoms with Crippen molar-refractivity contribution in [2.45, 2.75) is 72.3 Å². The summed E-state index contributed by atoms with van der Waals surface area (Å²) in [6.07, 6.45) is 4.82. The second kappa shape index (κ2) is 10.0. The number of aromatic nitrogens is 1. The number of anilines is 2. The molecular formula is C29H38N4. The van der Waals surface area contributed by atoms with Crippen molar-refractivity contribution >= 4 is 22.4 Å². The minimum atomic E-state index is 0.305. The number of benzene rings is 2. The average Bonchev–Trinajstić information content (AvgIpc) is 3.14. The number of H-pyrrole nitrogens is 1. The van der Waals surface area contributed by atoms with E-state index in [1.807, 2.05) is 12.1 Å². The van der Waals surface area contributed by atoms with E-state index in [-0.39, 0.29) is 0 Å². The van der Waals surface area contributed by atoms with Gasteiger partial charge in [0.25, 0.3) is 0 Å². The third-order valence-electron chi connectivity index (χ3n) is 7.27. The maximum Gasteiger partial charge on any atom is 0.114 e. The van der Waals surface area contributed by atoms with Crippen molar-refractivity contribution in [2.75, 3.05) is 24.5 Å². The van der Waals surface area contributed by atoms with Crippen molar-refractivity contribution in [1.29, 1.82) is 5.26 Å². The summed E-state index contributed by atoms with van der Waals surface area (Å²) in [4.78, 5) is 8.68. The molecule has 2 heterocycles. The van der Waals surface area contributed by atoms with Crippen LogP contribution in [0.15, 0.2) is 36.4 Å². The van der Waals surface area contributed by atoms with Crippen molar-refractivity contribution in [3.8, 4) is 6.07 Å². The fourth-order valence-corrected chi connectivity index (χ4v) is 5.54. The summed E-state index contributed by atoms with van der Waals surface area (Å²) >= 11 is 0. The Hall–Kier alpha value is -2.77. The van der Waals surface area contributed by atoms with Crippen molar-refractivity contribution in [1.82, 2.24) is 9.88 Å². The number of likely N-dealkylation sites (tertiary alicyclic amines) is 1. The lowest BCUT2D eigenvalue weighted by Gasteiger charge is -2.34. The maximum absolute atomic E-state index is 9.32. The summed E-state index contributed by atoms with van der Waals surface area (Å²) in [5.41, 5.74) is 7.23. The number of nitrogens with zero attached hydrogens (tertiary/aromatic N) is 3. The summed E-state index contributed by atoms with van der Waals surface area (Å²) < 4.78 is 0. The molecule has 0 saturated carbocycles. The van der Waals surface area contributed by atoms with Crippen LogP contribution in [0.25, 0.3) is 10.9 Å². The lowest BCUT2D eigenvalue weighted by molar-refractivity contribution is 0.212. The number of hydrogen-bond acceptors (Lipinski definition) is 3. The first kappa shape index (κ1) is 23.4. The number of nitrogens with one attached hydrogen (secondary N) is 1. The Balaban J connectivity index is 1.72. The van der Waals surface area contributed by atoms with Crippen LogP contribution in [0.1, 0.15) is 75.1 Å². The third kappa shape index (κ3) is 4.66. The minimum Gasteiger partial charge on any atom is -0.341 e. The van der Waals surface area contributed by atoms with Crippen LogP contribution >= 0.6 is 0 Å². The third-order valence-corrected chi connectivity index (χ3v) is 7.27. The van der Waals surface area contributed by atoms with Gasteiger partial charge < -0.3 is 14.8 Å². The Labute approximate surface area is 199 Å². The first-order chi connectivity index (χ1) is 16.0. The van der Waals surface area contributed by atoms with E-state index in [2.05, 4.69) is 79.7 Å². The summed E-state index contributed by atoms with van der Waals surface area (Å²) in [7, 11) is 0. The van der Waals surface area contributed by atoms with Crippen LogP contribution in [-0.2, 0) is 6.42 Å². The van der Waals surface area contributed by atoms with E-state index in [1.165, 1.54) is 66.7 Å². The van der Waals surface area contributed by atoms with Gasteiger partial charge in [-0.25, -0.2) is 0 Å². The SMILES string of the molecule is CCCN1CCC(c2cc(N(c3[nH]c4cc(C#N)ccc4c3C)C(C)C)ccc2CC)CC1. The number of aromatic amines is 1. The van der Waals surface area contributed by atoms with Gasteiger partial charge in [-0.15, -0.1) is 0 Å². The van der Waals surface area contributed by atoms with Crippen LogP contribution in [0.4, 0.5) is 11.5 Å². The number of nitriles is 1. The lowest BCUT2D eigenvalue weighted by Crippen LogP contribution is -2.33. The highest BCUT2D eigenvalue weighted by Gasteiger charge is 2.25. The second-order valence-corrected chi connectivity index (χ2v) is 9.79. The molecule has 33 heavy (non-hydrogen) atoms. The Kier molecular flexibility index (Phi) is 7.10. The molecule has 1 saturated heterocycles. The molecule has 174 valence electrons. The standard InChI is InChI=1S/C29H38N4/c1-6-14-32-15-12-24(13-16-32)27-18-25(10-9-23(27)7-2)33(20(3)4)29-21(5)26-11-8-22(19-30)17-28(26)31-29/h8-11,17-18,20,24,31H,6-7,12-16H2,1-5H3. The molecule has 0 spiro atoms. The van der Waals surface area contributed by atoms with Gasteiger partial charge in [-0.1, -0.05) is 26.0 Å². The molecule has 0 atom stereocenters. The van der Waals surface area contributed by atoms with Gasteiger partial charge in [0.15, 0.2) is 0 Å². The quantitative estimate of drug-likeness (QED) is 0.426. The summed E-state index contributed by atoms with van der Waals surface area (Å²) in [5, 5.41) is 10.5. The maximum atomic E-state index is 9.32. The van der Waals surface area contributed by atoms with Crippen LogP contribution in [0.3, 0.4) is 0 Å². The monoisotopic (exact) mass is 442 g/mol. The molecule has 1 fully saturated rings. The Morgan fingerprint density at radius 2 is 1.88 bits per heavy atom. The van der Waals surface area contributed by atoms with Crippen LogP contribution < -0.4 is 4.90 Å². The molecule has 0 radical (unpaired) electrons. The van der Waals surface area contributed by atoms with E-state index in [0.29, 0.717) is 17.5 Å². The zero-order valence-corrected chi connectivity index (χ0v) is 20.9. The molecule has 2 aromatic carbocycles. The molecule has 4 rings (SSSR count). The highest BCUT2D eigenvalue weighted by molar-refractivity contribution is 5.91. The molecule has 3 aromatic rings. The van der Waals surface area contributed by atoms with Gasteiger partial charge >= 0.3 is 0 Å². The highest BCUT2D eigenvalue weighted by Crippen LogP contribution is 2.38. The Bertz CT molecular complexity index is 1140. The van der Waals surface area contributed by atoms with E-state index in [4.69, 9.17) is 0 Å². The summed E-state index contributed by atoms with van der Waals surface area (Å²) in [6, 6.07) is 15.6. The first-order valence-corrected chi connectivity index (χ1v) is 12.6. The van der Waals surface area contributed by atoms with Gasteiger partial charge in [-0.05, 0) is 113 Å². The summed E-state index contributed by atoms with van der Waals surface area (Å²) in [6.45, 7) is 14.9. The minimum absolute atomic E-state index is 0.305. The van der Waals surface area contributed by atoms with Gasteiger partial charge in [-0.3, -0.25) is 0 Å². The highest BCUT2D eigenvalue weighted by atomic mass is 15.2. The predicted octanol–water partition coefficient (Wildman–Crippen LogP) is 7.05. The van der Waals surface area contributed by atoms with E-state index in [1.54, 1.807) is 0 Å². The van der Waals surface area contributed by atoms with Crippen LogP contribution in [0.2, 0.25) is 0 Å². The number of hydrogen-bond donors (Lipinski definition) is 1. The molecule has 1 aromatic heterocycles. The van der Waals surface area contributed by atoms with Gasteiger partial charge in [-0.2, -0.15) is 5.26 Å². The van der Waals surface area contributed by atoms with Gasteiger partial charge in [0, 0.05) is 22.6 Å². The zero-order valence-electron chi connectivity index (χ0n) is 20.9.